The van der Waals surface area contributed by atoms with E-state index in [1.165, 1.54) is 20.6 Å². The molecule has 0 saturated carbocycles. The van der Waals surface area contributed by atoms with Crippen molar-refractivity contribution in [2.75, 3.05) is 0 Å². The van der Waals surface area contributed by atoms with Crippen LogP contribution in [0.3, 0.4) is 0 Å². The van der Waals surface area contributed by atoms with Crippen molar-refractivity contribution in [1.82, 2.24) is 61.6 Å². The van der Waals surface area contributed by atoms with Crippen LogP contribution in [0, 0.1) is 30.6 Å². The second-order valence-corrected chi connectivity index (χ2v) is 18.9. The quantitative estimate of drug-likeness (QED) is 0.0229. The molecule has 0 bridgehead atoms. The van der Waals surface area contributed by atoms with Crippen molar-refractivity contribution in [1.29, 1.82) is 0 Å². The van der Waals surface area contributed by atoms with E-state index in [1.54, 1.807) is 202 Å². The fourth-order valence-electron chi connectivity index (χ4n) is 6.15. The van der Waals surface area contributed by atoms with Crippen molar-refractivity contribution in [2.45, 2.75) is 55.4 Å². The van der Waals surface area contributed by atoms with Gasteiger partial charge in [0, 0.05) is 49.6 Å². The number of hydrogen-bond acceptors (Lipinski definition) is 30. The monoisotopic (exact) mass is 1860 g/mol. The van der Waals surface area contributed by atoms with Crippen molar-refractivity contribution in [3.63, 3.8) is 0 Å². The Kier molecular flexibility index (Phi) is 76.9. The third kappa shape index (κ3) is 62.8. The molecule has 113 heavy (non-hydrogen) atoms. The maximum absolute atomic E-state index is 11.6. The van der Waals surface area contributed by atoms with Gasteiger partial charge < -0.3 is 95.7 Å². The number of carbonyl (C=O) groups is 4. The zero-order valence-electron chi connectivity index (χ0n) is 61.4. The molecule has 8 rings (SSSR count). The Bertz CT molecular complexity index is 3640. The molecule has 0 fully saturated rings. The minimum atomic E-state index is -1.75. The molecular formula is C64H60N30O10S4Zn5. The molecule has 0 radical (unpaired) electrons. The Morgan fingerprint density at radius 1 is 0.301 bits per heavy atom. The maximum atomic E-state index is 11.6. The molecule has 0 aliphatic heterocycles. The normalized spacial score (nSPS) is 9.98. The van der Waals surface area contributed by atoms with Gasteiger partial charge in [0.25, 0.3) is 0 Å². The number of hydrogen-bond donors (Lipinski definition) is 4. The third-order valence-corrected chi connectivity index (χ3v) is 10.7. The maximum Gasteiger partial charge on any atom is 2.00 e. The van der Waals surface area contributed by atoms with Crippen LogP contribution in [0.25, 0.3) is 43.3 Å². The van der Waals surface area contributed by atoms with Gasteiger partial charge in [0.05, 0.1) is 101 Å². The predicted octanol–water partition coefficient (Wildman–Crippen LogP) is 13.0. The first-order chi connectivity index (χ1) is 51.8. The summed E-state index contributed by atoms with van der Waals surface area (Å²) < 4.78 is 0. The first-order valence-corrected chi connectivity index (χ1v) is 30.8. The van der Waals surface area contributed by atoms with E-state index in [0.717, 1.165) is 0 Å². The summed E-state index contributed by atoms with van der Waals surface area (Å²) in [4.78, 5) is 95.8. The summed E-state index contributed by atoms with van der Waals surface area (Å²) in [6.45, 7) is 13.9. The Morgan fingerprint density at radius 2 is 0.416 bits per heavy atom. The van der Waals surface area contributed by atoms with Gasteiger partial charge in [-0.1, -0.05) is 97.4 Å². The van der Waals surface area contributed by atoms with Gasteiger partial charge in [0.15, 0.2) is 24.1 Å². The van der Waals surface area contributed by atoms with E-state index >= 15 is 0 Å². The number of rotatable bonds is 16. The van der Waals surface area contributed by atoms with E-state index < -0.39 is 34.3 Å². The number of hydrazone groups is 4. The Labute approximate surface area is 732 Å². The van der Waals surface area contributed by atoms with E-state index in [2.05, 4.69) is 173 Å². The van der Waals surface area contributed by atoms with E-state index in [1.807, 2.05) is 48.5 Å². The molecule has 560 valence electrons. The number of urea groups is 4. The van der Waals surface area contributed by atoms with Gasteiger partial charge in [-0.2, -0.15) is 20.6 Å². The Morgan fingerprint density at radius 3 is 0.522 bits per heavy atom. The molecule has 8 aromatic rings. The molecular weight excluding hydrogens is 1800 g/mol. The molecule has 0 saturated heterocycles. The first-order valence-electron chi connectivity index (χ1n) is 29.2. The summed E-state index contributed by atoms with van der Waals surface area (Å²) in [5.74, 6) is 0. The second kappa shape index (κ2) is 75.8. The van der Waals surface area contributed by atoms with Crippen LogP contribution < -0.4 is 21.7 Å². The minimum Gasteiger partial charge on any atom is -0.753 e. The van der Waals surface area contributed by atoms with Gasteiger partial charge >= 0.3 is 97.4 Å². The van der Waals surface area contributed by atoms with E-state index in [0.29, 0.717) is 91.2 Å². The molecule has 8 aromatic heterocycles. The number of pyridine rings is 8. The number of thiocarbonyl (C=S) groups is 4. The van der Waals surface area contributed by atoms with Crippen LogP contribution in [-0.2, 0) is 97.4 Å². The molecule has 49 heteroatoms. The largest absolute Gasteiger partial charge is 2.00 e. The molecule has 4 N–H and O–H groups in total. The zero-order chi connectivity index (χ0) is 81.1. The molecule has 0 aromatic carbocycles. The number of nitrogens with one attached hydrogen (secondary N) is 4. The molecule has 40 nitrogen and oxygen atoms in total. The van der Waals surface area contributed by atoms with Crippen LogP contribution in [0.2, 0.25) is 0 Å². The van der Waals surface area contributed by atoms with Gasteiger partial charge in [-0.25, -0.2) is 0 Å². The van der Waals surface area contributed by atoms with Crippen LogP contribution >= 0.6 is 48.9 Å². The van der Waals surface area contributed by atoms with Crippen molar-refractivity contribution < 1.29 is 127 Å². The number of aromatic nitrogens is 8. The van der Waals surface area contributed by atoms with Crippen molar-refractivity contribution in [3.8, 4) is 0 Å². The van der Waals surface area contributed by atoms with Crippen LogP contribution in [0.5, 0.6) is 0 Å². The molecule has 0 unspecified atom stereocenters. The SMILES string of the molecule is C/C(=N\[N-]C(=O)N/N=C(\C)c1ccccn1)c1ccccn1.C/C(=N\[N-]C(=O)N/N=C(\C)c1ccccn1)c1ccccn1.C/C(=N\[N-]C(=O)N/N=C(\C)c1ccccn1)c1ccccn1.C/C(=N\[N-]C(=O)N/N=C(\C)c1ccccn1)c1ccccn1.O=[N+]([O-])[O-].O=[N+]([O-])[O-].[N-]=C=S.[N-]=C=S.[N-]=C=S.[N-]=C=S.[Zn+2].[Zn+2].[Zn+2].[Zn+2].[Zn+2]. The third-order valence-electron chi connectivity index (χ3n) is 10.7. The summed E-state index contributed by atoms with van der Waals surface area (Å²) >= 11 is 14.8. The molecule has 0 atom stereocenters. The van der Waals surface area contributed by atoms with Crippen LogP contribution in [0.4, 0.5) is 19.2 Å². The van der Waals surface area contributed by atoms with Crippen molar-refractivity contribution in [2.24, 2.45) is 40.8 Å². The molecule has 8 amide bonds. The van der Waals surface area contributed by atoms with Crippen molar-refractivity contribution >= 4 is 139 Å². The second-order valence-electron chi connectivity index (χ2n) is 18.1. The van der Waals surface area contributed by atoms with Gasteiger partial charge in [0.2, 0.25) is 0 Å². The standard InChI is InChI=1S/4C15H16N6O.4CNS.2NO3.5Zn/c4*1-11(13-7-3-5-9-16-13)18-20-15(22)21-19-12(2)14-8-4-6-10-17-14;4*2-1-3;2*2-1(3)4;;;;;/h4*3-10H,1-2H3,(H2,16,17,20,21,22);;;;;;;;;;;/q;;;;6*-1;5*+2/p-4. The zero-order valence-corrected chi connectivity index (χ0v) is 79.5. The summed E-state index contributed by atoms with van der Waals surface area (Å²) in [6, 6.07) is 40.8. The van der Waals surface area contributed by atoms with Gasteiger partial charge in [-0.3, -0.25) is 99.9 Å². The van der Waals surface area contributed by atoms with E-state index in [9.17, 15) is 19.2 Å². The topological polar surface area (TPSA) is 596 Å². The summed E-state index contributed by atoms with van der Waals surface area (Å²) in [7, 11) is 0. The summed E-state index contributed by atoms with van der Waals surface area (Å²) in [5.41, 5.74) is 33.2. The van der Waals surface area contributed by atoms with E-state index in [-0.39, 0.29) is 97.4 Å². The van der Waals surface area contributed by atoms with Gasteiger partial charge in [-0.05, 0) is 152 Å². The van der Waals surface area contributed by atoms with Gasteiger partial charge in [0.1, 0.15) is 0 Å². The number of nitrogens with zero attached hydrogens (tertiary/aromatic N) is 26. The Hall–Kier alpha value is -11.6. The van der Waals surface area contributed by atoms with Crippen LogP contribution in [0.15, 0.2) is 236 Å². The molecule has 0 aliphatic carbocycles. The smallest absolute Gasteiger partial charge is 0.753 e. The average molecular weight is 1860 g/mol. The minimum absolute atomic E-state index is 0. The number of amides is 8. The van der Waals surface area contributed by atoms with Crippen LogP contribution in [0.1, 0.15) is 101 Å². The van der Waals surface area contributed by atoms with Gasteiger partial charge in [-0.15, -0.1) is 0 Å². The predicted molar refractivity (Wildman–Crippen MR) is 424 cm³/mol. The average Bonchev–Trinajstić information content (AvgIpc) is 0.916. The Balaban J connectivity index is -0.000000241. The first kappa shape index (κ1) is 115. The summed E-state index contributed by atoms with van der Waals surface area (Å²) in [5, 5.41) is 94.4. The van der Waals surface area contributed by atoms with Crippen molar-refractivity contribution in [3.05, 3.63) is 315 Å². The van der Waals surface area contributed by atoms with E-state index in [4.69, 9.17) is 52.3 Å². The molecule has 0 spiro atoms. The van der Waals surface area contributed by atoms with Crippen LogP contribution in [-0.4, -0.2) is 141 Å². The summed E-state index contributed by atoms with van der Waals surface area (Å²) in [6.07, 6.45) is 13.2. The molecule has 0 aliphatic rings. The molecule has 8 heterocycles. The fraction of sp³-hybridized carbons (Fsp3) is 0.125. The number of isothiocyanates is 4. The fourth-order valence-corrected chi connectivity index (χ4v) is 6.15. The number of carbonyl (C=O) groups excluding carboxylic acids is 4.